The molecular weight excluding hydrogens is 268 g/mol. The molecule has 2 rings (SSSR count). The van der Waals surface area contributed by atoms with Crippen LogP contribution in [0.4, 0.5) is 5.69 Å². The molecule has 0 aromatic heterocycles. The molecule has 2 N–H and O–H groups in total. The van der Waals surface area contributed by atoms with Gasteiger partial charge >= 0.3 is 0 Å². The first-order valence-corrected chi connectivity index (χ1v) is 6.35. The molecule has 0 heterocycles. The number of hydrogen-bond acceptors (Lipinski definition) is 5. The molecule has 0 spiro atoms. The Bertz CT molecular complexity index is 694. The van der Waals surface area contributed by atoms with Gasteiger partial charge in [-0.25, -0.2) is 0 Å². The topological polar surface area (TPSA) is 74.4 Å². The highest BCUT2D eigenvalue weighted by atomic mass is 16.5. The van der Waals surface area contributed by atoms with E-state index < -0.39 is 0 Å². The fourth-order valence-corrected chi connectivity index (χ4v) is 1.84. The summed E-state index contributed by atoms with van der Waals surface area (Å²) >= 11 is 0. The molecule has 0 saturated carbocycles. The van der Waals surface area contributed by atoms with Crippen molar-refractivity contribution in [2.75, 3.05) is 7.11 Å². The maximum Gasteiger partial charge on any atom is 0.128 e. The molecule has 0 amide bonds. The van der Waals surface area contributed by atoms with Crippen LogP contribution >= 0.6 is 0 Å². The van der Waals surface area contributed by atoms with Crippen LogP contribution in [-0.4, -0.2) is 29.3 Å². The van der Waals surface area contributed by atoms with Crippen LogP contribution in [0, 0.1) is 0 Å². The van der Waals surface area contributed by atoms with E-state index in [1.807, 2.05) is 18.2 Å². The minimum Gasteiger partial charge on any atom is -0.507 e. The number of nitrogens with zero attached hydrogens (tertiary/aromatic N) is 2. The normalized spacial score (nSPS) is 11.8. The van der Waals surface area contributed by atoms with E-state index in [1.165, 1.54) is 13.2 Å². The van der Waals surface area contributed by atoms with E-state index in [4.69, 9.17) is 9.94 Å². The molecule has 0 atom stereocenters. The fraction of sp³-hybridized carbons (Fsp3) is 0.125. The Morgan fingerprint density at radius 3 is 2.62 bits per heavy atom. The highest BCUT2D eigenvalue weighted by molar-refractivity contribution is 6.03. The average molecular weight is 284 g/mol. The monoisotopic (exact) mass is 284 g/mol. The smallest absolute Gasteiger partial charge is 0.128 e. The van der Waals surface area contributed by atoms with Crippen molar-refractivity contribution in [3.05, 3.63) is 53.6 Å². The highest BCUT2D eigenvalue weighted by Crippen LogP contribution is 2.24. The molecule has 5 heteroatoms. The third kappa shape index (κ3) is 3.39. The molecule has 0 aliphatic rings. The zero-order valence-electron chi connectivity index (χ0n) is 11.8. The number of phenolic OH excluding ortho intramolecular Hbond substituents is 1. The summed E-state index contributed by atoms with van der Waals surface area (Å²) in [6, 6.07) is 12.3. The van der Waals surface area contributed by atoms with E-state index in [0.29, 0.717) is 22.7 Å². The number of aliphatic imine (C=N–C) groups is 1. The first-order valence-electron chi connectivity index (χ1n) is 6.35. The van der Waals surface area contributed by atoms with E-state index in [9.17, 15) is 5.11 Å². The minimum atomic E-state index is 0.0862. The molecule has 0 unspecified atom stereocenters. The van der Waals surface area contributed by atoms with Gasteiger partial charge in [-0.1, -0.05) is 23.4 Å². The maximum absolute atomic E-state index is 9.89. The third-order valence-electron chi connectivity index (χ3n) is 3.02. The SMILES string of the molecule is COc1ccc(C=Nc2ccccc2/C(C)=N/O)c(O)c1. The van der Waals surface area contributed by atoms with Gasteiger partial charge in [-0.3, -0.25) is 4.99 Å². The van der Waals surface area contributed by atoms with E-state index in [2.05, 4.69) is 10.1 Å². The number of aromatic hydroxyl groups is 1. The van der Waals surface area contributed by atoms with Crippen LogP contribution in [0.2, 0.25) is 0 Å². The van der Waals surface area contributed by atoms with Gasteiger partial charge in [-0.05, 0) is 25.1 Å². The van der Waals surface area contributed by atoms with E-state index >= 15 is 0 Å². The van der Waals surface area contributed by atoms with Crippen LogP contribution < -0.4 is 4.74 Å². The molecule has 0 bridgehead atoms. The number of hydrogen-bond donors (Lipinski definition) is 2. The molecule has 108 valence electrons. The molecule has 21 heavy (non-hydrogen) atoms. The summed E-state index contributed by atoms with van der Waals surface area (Å²) in [6.07, 6.45) is 1.55. The Morgan fingerprint density at radius 1 is 1.19 bits per heavy atom. The molecular formula is C16H16N2O3. The number of phenols is 1. The zero-order valence-corrected chi connectivity index (χ0v) is 11.8. The van der Waals surface area contributed by atoms with Crippen molar-refractivity contribution in [1.29, 1.82) is 0 Å². The van der Waals surface area contributed by atoms with Gasteiger partial charge in [0.05, 0.1) is 18.5 Å². The van der Waals surface area contributed by atoms with Crippen molar-refractivity contribution < 1.29 is 15.1 Å². The summed E-state index contributed by atoms with van der Waals surface area (Å²) in [5.74, 6) is 0.663. The second-order valence-electron chi connectivity index (χ2n) is 4.39. The number of rotatable bonds is 4. The number of oxime groups is 1. The van der Waals surface area contributed by atoms with Crippen molar-refractivity contribution in [3.63, 3.8) is 0 Å². The van der Waals surface area contributed by atoms with Crippen LogP contribution in [0.1, 0.15) is 18.1 Å². The Balaban J connectivity index is 2.34. The lowest BCUT2D eigenvalue weighted by molar-refractivity contribution is 0.319. The Morgan fingerprint density at radius 2 is 1.95 bits per heavy atom. The van der Waals surface area contributed by atoms with Crippen LogP contribution in [0.25, 0.3) is 0 Å². The van der Waals surface area contributed by atoms with Gasteiger partial charge in [-0.15, -0.1) is 0 Å². The van der Waals surface area contributed by atoms with Crippen LogP contribution in [0.15, 0.2) is 52.6 Å². The number of ether oxygens (including phenoxy) is 1. The molecule has 2 aromatic carbocycles. The number of benzene rings is 2. The summed E-state index contributed by atoms with van der Waals surface area (Å²) in [5, 5.41) is 22.0. The van der Waals surface area contributed by atoms with Crippen molar-refractivity contribution in [3.8, 4) is 11.5 Å². The quantitative estimate of drug-likeness (QED) is 0.513. The Kier molecular flexibility index (Phi) is 4.56. The predicted molar refractivity (Wildman–Crippen MR) is 82.4 cm³/mol. The zero-order chi connectivity index (χ0) is 15.2. The fourth-order valence-electron chi connectivity index (χ4n) is 1.84. The Hall–Kier alpha value is -2.82. The first kappa shape index (κ1) is 14.6. The third-order valence-corrected chi connectivity index (χ3v) is 3.02. The minimum absolute atomic E-state index is 0.0862. The second kappa shape index (κ2) is 6.56. The van der Waals surface area contributed by atoms with Crippen molar-refractivity contribution in [2.45, 2.75) is 6.92 Å². The summed E-state index contributed by atoms with van der Waals surface area (Å²) in [5.41, 5.74) is 2.43. The van der Waals surface area contributed by atoms with Gasteiger partial charge < -0.3 is 15.1 Å². The second-order valence-corrected chi connectivity index (χ2v) is 4.39. The lowest BCUT2D eigenvalue weighted by Crippen LogP contribution is -1.94. The van der Waals surface area contributed by atoms with Gasteiger partial charge in [0.2, 0.25) is 0 Å². The number of methoxy groups -OCH3 is 1. The van der Waals surface area contributed by atoms with Crippen LogP contribution in [0.5, 0.6) is 11.5 Å². The summed E-state index contributed by atoms with van der Waals surface area (Å²) in [6.45, 7) is 1.69. The van der Waals surface area contributed by atoms with Gasteiger partial charge in [0.15, 0.2) is 0 Å². The highest BCUT2D eigenvalue weighted by Gasteiger charge is 2.05. The van der Waals surface area contributed by atoms with Gasteiger partial charge in [0.25, 0.3) is 0 Å². The van der Waals surface area contributed by atoms with Crippen LogP contribution in [0.3, 0.4) is 0 Å². The summed E-state index contributed by atoms with van der Waals surface area (Å²) in [4.78, 5) is 4.34. The van der Waals surface area contributed by atoms with Crippen LogP contribution in [-0.2, 0) is 0 Å². The van der Waals surface area contributed by atoms with Gasteiger partial charge in [-0.2, -0.15) is 0 Å². The summed E-state index contributed by atoms with van der Waals surface area (Å²) < 4.78 is 5.03. The summed E-state index contributed by atoms with van der Waals surface area (Å²) in [7, 11) is 1.54. The molecule has 5 nitrogen and oxygen atoms in total. The molecule has 0 radical (unpaired) electrons. The van der Waals surface area contributed by atoms with E-state index in [1.54, 1.807) is 31.3 Å². The average Bonchev–Trinajstić information content (AvgIpc) is 2.53. The van der Waals surface area contributed by atoms with Crippen molar-refractivity contribution >= 4 is 17.6 Å². The largest absolute Gasteiger partial charge is 0.507 e. The van der Waals surface area contributed by atoms with Gasteiger partial charge in [0.1, 0.15) is 11.5 Å². The lowest BCUT2D eigenvalue weighted by Gasteiger charge is -2.05. The van der Waals surface area contributed by atoms with Crippen molar-refractivity contribution in [2.24, 2.45) is 10.1 Å². The molecule has 0 aliphatic heterocycles. The predicted octanol–water partition coefficient (Wildman–Crippen LogP) is 3.35. The molecule has 0 saturated heterocycles. The van der Waals surface area contributed by atoms with Crippen molar-refractivity contribution in [1.82, 2.24) is 0 Å². The molecule has 0 aliphatic carbocycles. The molecule has 0 fully saturated rings. The standard InChI is InChI=1S/C16H16N2O3/c1-11(18-20)14-5-3-4-6-15(14)17-10-12-7-8-13(21-2)9-16(12)19/h3-10,19-20H,1-2H3/b17-10?,18-11+. The molecule has 2 aromatic rings. The van der Waals surface area contributed by atoms with Gasteiger partial charge in [0, 0.05) is 23.4 Å². The van der Waals surface area contributed by atoms with E-state index in [0.717, 1.165) is 5.56 Å². The maximum atomic E-state index is 9.89. The lowest BCUT2D eigenvalue weighted by atomic mass is 10.1. The number of para-hydroxylation sites is 1. The Labute approximate surface area is 122 Å². The first-order chi connectivity index (χ1) is 10.2. The van der Waals surface area contributed by atoms with E-state index in [-0.39, 0.29) is 5.75 Å².